The van der Waals surface area contributed by atoms with Crippen LogP contribution >= 0.6 is 0 Å². The molecular weight excluding hydrogens is 481 g/mol. The summed E-state index contributed by atoms with van der Waals surface area (Å²) >= 11 is 0. The number of nitrogens with one attached hydrogen (secondary N) is 1. The Morgan fingerprint density at radius 3 is 2.43 bits per heavy atom. The van der Waals surface area contributed by atoms with Crippen molar-refractivity contribution in [2.75, 3.05) is 5.32 Å². The second kappa shape index (κ2) is 10.8. The summed E-state index contributed by atoms with van der Waals surface area (Å²) in [7, 11) is 0. The summed E-state index contributed by atoms with van der Waals surface area (Å²) < 4.78 is 43.2. The van der Waals surface area contributed by atoms with Gasteiger partial charge in [-0.3, -0.25) is 9.59 Å². The molecule has 1 fully saturated rings. The summed E-state index contributed by atoms with van der Waals surface area (Å²) in [6.07, 6.45) is -1.06. The maximum absolute atomic E-state index is 13.7. The van der Waals surface area contributed by atoms with Crippen LogP contribution in [-0.2, 0) is 23.8 Å². The highest BCUT2D eigenvalue weighted by Gasteiger charge is 2.45. The van der Waals surface area contributed by atoms with E-state index in [1.165, 1.54) is 17.7 Å². The predicted molar refractivity (Wildman–Crippen MR) is 136 cm³/mol. The van der Waals surface area contributed by atoms with E-state index in [0.717, 1.165) is 37.4 Å². The molecule has 0 spiro atoms. The first-order valence-electron chi connectivity index (χ1n) is 12.6. The van der Waals surface area contributed by atoms with Crippen LogP contribution in [0.1, 0.15) is 77.9 Å². The molecule has 1 aliphatic carbocycles. The molecule has 5 nitrogen and oxygen atoms in total. The molecule has 1 saturated carbocycles. The number of halogens is 3. The topological polar surface area (TPSA) is 71.3 Å². The molecule has 0 aliphatic heterocycles. The maximum Gasteiger partial charge on any atom is 0.418 e. The molecule has 8 heteroatoms. The predicted octanol–water partition coefficient (Wildman–Crippen LogP) is 7.09. The van der Waals surface area contributed by atoms with Gasteiger partial charge in [-0.05, 0) is 80.3 Å². The Morgan fingerprint density at radius 2 is 1.81 bits per heavy atom. The molecule has 1 aliphatic rings. The van der Waals surface area contributed by atoms with E-state index in [1.54, 1.807) is 6.07 Å². The Labute approximate surface area is 214 Å². The molecule has 0 unspecified atom stereocenters. The van der Waals surface area contributed by atoms with Crippen molar-refractivity contribution in [2.45, 2.75) is 64.1 Å². The van der Waals surface area contributed by atoms with Crippen LogP contribution in [0.3, 0.4) is 0 Å². The number of carboxylic acid groups (broad SMARTS) is 1. The number of aryl methyl sites for hydroxylation is 2. The summed E-state index contributed by atoms with van der Waals surface area (Å²) in [5, 5.41) is 11.7. The fourth-order valence-electron chi connectivity index (χ4n) is 4.87. The zero-order valence-corrected chi connectivity index (χ0v) is 20.9. The number of hydrogen-bond acceptors (Lipinski definition) is 2. The van der Waals surface area contributed by atoms with E-state index >= 15 is 0 Å². The van der Waals surface area contributed by atoms with Gasteiger partial charge in [-0.2, -0.15) is 13.2 Å². The Morgan fingerprint density at radius 1 is 1.08 bits per heavy atom. The fraction of sp³-hybridized carbons (Fsp3) is 0.379. The summed E-state index contributed by atoms with van der Waals surface area (Å²) in [5.74, 6) is -2.55. The first kappa shape index (κ1) is 26.5. The van der Waals surface area contributed by atoms with Crippen LogP contribution in [0.4, 0.5) is 18.9 Å². The average molecular weight is 513 g/mol. The number of rotatable bonds is 10. The molecule has 37 heavy (non-hydrogen) atoms. The van der Waals surface area contributed by atoms with Crippen molar-refractivity contribution in [3.05, 3.63) is 88.7 Å². The second-order valence-corrected chi connectivity index (χ2v) is 9.72. The van der Waals surface area contributed by atoms with Crippen LogP contribution in [0.25, 0.3) is 0 Å². The molecule has 2 aromatic carbocycles. The van der Waals surface area contributed by atoms with Crippen LogP contribution in [0.5, 0.6) is 0 Å². The van der Waals surface area contributed by atoms with Crippen LogP contribution in [0.15, 0.2) is 60.7 Å². The third-order valence-corrected chi connectivity index (χ3v) is 7.14. The van der Waals surface area contributed by atoms with E-state index in [0.29, 0.717) is 17.7 Å². The molecule has 1 heterocycles. The Kier molecular flexibility index (Phi) is 7.76. The normalized spacial score (nSPS) is 17.9. The van der Waals surface area contributed by atoms with Crippen LogP contribution in [0, 0.1) is 5.92 Å². The summed E-state index contributed by atoms with van der Waals surface area (Å²) in [5.41, 5.74) is 1.66. The van der Waals surface area contributed by atoms with Gasteiger partial charge < -0.3 is 15.0 Å². The van der Waals surface area contributed by atoms with Crippen LogP contribution in [-0.4, -0.2) is 21.6 Å². The Balaban J connectivity index is 1.58. The highest BCUT2D eigenvalue weighted by molar-refractivity contribution is 6.04. The van der Waals surface area contributed by atoms with Crippen molar-refractivity contribution in [1.29, 1.82) is 0 Å². The van der Waals surface area contributed by atoms with Gasteiger partial charge >= 0.3 is 12.1 Å². The number of hydrogen-bond donors (Lipinski definition) is 2. The molecule has 1 aromatic heterocycles. The lowest BCUT2D eigenvalue weighted by atomic mass is 10.0. The van der Waals surface area contributed by atoms with Gasteiger partial charge in [0.15, 0.2) is 0 Å². The van der Waals surface area contributed by atoms with Gasteiger partial charge in [0.25, 0.3) is 5.91 Å². The quantitative estimate of drug-likeness (QED) is 0.305. The molecular formula is C29H31F3N2O3. The SMILES string of the molecule is CC[C@H](C)n1c(CCCc2ccccc2)ccc1C(=O)Nc1cc([C@@H]2C[C@@H]2C(=O)O)ccc1C(F)(F)F. The van der Waals surface area contributed by atoms with Gasteiger partial charge in [0.05, 0.1) is 17.2 Å². The van der Waals surface area contributed by atoms with E-state index < -0.39 is 29.5 Å². The highest BCUT2D eigenvalue weighted by Crippen LogP contribution is 2.49. The monoisotopic (exact) mass is 512 g/mol. The molecule has 4 rings (SSSR count). The number of benzene rings is 2. The minimum absolute atomic E-state index is 0.0151. The number of amides is 1. The van der Waals surface area contributed by atoms with Gasteiger partial charge in [0, 0.05) is 11.7 Å². The minimum Gasteiger partial charge on any atom is -0.481 e. The third kappa shape index (κ3) is 6.06. The summed E-state index contributed by atoms with van der Waals surface area (Å²) in [6, 6.07) is 17.1. The smallest absolute Gasteiger partial charge is 0.418 e. The van der Waals surface area contributed by atoms with Crippen molar-refractivity contribution in [3.8, 4) is 0 Å². The Hall–Kier alpha value is -3.55. The molecule has 3 atom stereocenters. The third-order valence-electron chi connectivity index (χ3n) is 7.14. The molecule has 2 N–H and O–H groups in total. The first-order valence-corrected chi connectivity index (χ1v) is 12.6. The van der Waals surface area contributed by atoms with E-state index in [1.807, 2.05) is 42.7 Å². The van der Waals surface area contributed by atoms with Crippen molar-refractivity contribution in [2.24, 2.45) is 5.92 Å². The van der Waals surface area contributed by atoms with Crippen molar-refractivity contribution in [3.63, 3.8) is 0 Å². The number of anilines is 1. The first-order chi connectivity index (χ1) is 17.6. The maximum atomic E-state index is 13.7. The average Bonchev–Trinajstić information content (AvgIpc) is 3.57. The molecule has 0 saturated heterocycles. The van der Waals surface area contributed by atoms with E-state index in [4.69, 9.17) is 0 Å². The number of carbonyl (C=O) groups is 2. The lowest BCUT2D eigenvalue weighted by molar-refractivity contribution is -0.139. The molecule has 1 amide bonds. The molecule has 0 radical (unpaired) electrons. The fourth-order valence-corrected chi connectivity index (χ4v) is 4.87. The number of aliphatic carboxylic acids is 1. The van der Waals surface area contributed by atoms with E-state index in [-0.39, 0.29) is 17.6 Å². The number of alkyl halides is 3. The van der Waals surface area contributed by atoms with Crippen molar-refractivity contribution >= 4 is 17.6 Å². The lowest BCUT2D eigenvalue weighted by Crippen LogP contribution is -2.22. The molecule has 0 bridgehead atoms. The van der Waals surface area contributed by atoms with E-state index in [2.05, 4.69) is 17.4 Å². The van der Waals surface area contributed by atoms with Crippen LogP contribution in [0.2, 0.25) is 0 Å². The standard InChI is InChI=1S/C29H31F3N2O3/c1-3-18(2)34-21(11-7-10-19-8-5-4-6-9-19)13-15-26(34)27(35)33-25-16-20(22-17-23(22)28(36)37)12-14-24(25)29(30,31)32/h4-6,8-9,12-16,18,22-23H,3,7,10-11,17H2,1-2H3,(H,33,35)(H,36,37)/t18-,22-,23-/m0/s1. The van der Waals surface area contributed by atoms with Crippen molar-refractivity contribution in [1.82, 2.24) is 4.57 Å². The second-order valence-electron chi connectivity index (χ2n) is 9.72. The molecule has 196 valence electrons. The Bertz CT molecular complexity index is 1270. The summed E-state index contributed by atoms with van der Waals surface area (Å²) in [6.45, 7) is 3.98. The van der Waals surface area contributed by atoms with Gasteiger partial charge in [0.1, 0.15) is 5.69 Å². The lowest BCUT2D eigenvalue weighted by Gasteiger charge is -2.20. The van der Waals surface area contributed by atoms with E-state index in [9.17, 15) is 27.9 Å². The number of carbonyl (C=O) groups excluding carboxylic acids is 1. The largest absolute Gasteiger partial charge is 0.481 e. The van der Waals surface area contributed by atoms with Crippen molar-refractivity contribution < 1.29 is 27.9 Å². The minimum atomic E-state index is -4.67. The van der Waals surface area contributed by atoms with Crippen LogP contribution < -0.4 is 5.32 Å². The van der Waals surface area contributed by atoms with Gasteiger partial charge in [-0.25, -0.2) is 0 Å². The number of aromatic nitrogens is 1. The highest BCUT2D eigenvalue weighted by atomic mass is 19.4. The number of nitrogens with zero attached hydrogens (tertiary/aromatic N) is 1. The number of carboxylic acids is 1. The van der Waals surface area contributed by atoms with Gasteiger partial charge in [-0.1, -0.05) is 43.3 Å². The summed E-state index contributed by atoms with van der Waals surface area (Å²) in [4.78, 5) is 24.6. The van der Waals surface area contributed by atoms with Gasteiger partial charge in [0.2, 0.25) is 0 Å². The zero-order valence-electron chi connectivity index (χ0n) is 20.9. The molecule has 3 aromatic rings. The zero-order chi connectivity index (χ0) is 26.7. The van der Waals surface area contributed by atoms with Gasteiger partial charge in [-0.15, -0.1) is 0 Å².